The van der Waals surface area contributed by atoms with E-state index < -0.39 is 0 Å². The smallest absolute Gasteiger partial charge is 0.211 e. The second kappa shape index (κ2) is 4.21. The van der Waals surface area contributed by atoms with Crippen molar-refractivity contribution in [1.29, 1.82) is 0 Å². The molecule has 0 unspecified atom stereocenters. The molecule has 1 aliphatic rings. The van der Waals surface area contributed by atoms with E-state index in [1.807, 2.05) is 6.92 Å². The van der Waals surface area contributed by atoms with E-state index in [1.165, 1.54) is 12.5 Å². The fourth-order valence-electron chi connectivity index (χ4n) is 1.41. The zero-order chi connectivity index (χ0) is 10.7. The number of ether oxygens (including phenoxy) is 1. The summed E-state index contributed by atoms with van der Waals surface area (Å²) in [6, 6.07) is 0. The number of hydrogen-bond acceptors (Lipinski definition) is 4. The fraction of sp³-hybridized carbons (Fsp3) is 0.364. The van der Waals surface area contributed by atoms with E-state index >= 15 is 0 Å². The minimum atomic E-state index is -0.0813. The number of allylic oxidation sites excluding steroid dienone is 1. The third-order valence-electron chi connectivity index (χ3n) is 2.24. The number of Topliss-reactive ketones (excluding diaryl/α,β-unsaturated/α-hetero) is 1. The van der Waals surface area contributed by atoms with Crippen LogP contribution in [-0.2, 0) is 4.74 Å². The van der Waals surface area contributed by atoms with Gasteiger partial charge >= 0.3 is 0 Å². The quantitative estimate of drug-likeness (QED) is 0.687. The Bertz CT molecular complexity index is 396. The molecular weight excluding hydrogens is 192 g/mol. The van der Waals surface area contributed by atoms with Gasteiger partial charge in [0.1, 0.15) is 5.69 Å². The van der Waals surface area contributed by atoms with Gasteiger partial charge < -0.3 is 4.74 Å². The highest BCUT2D eigenvalue weighted by atomic mass is 16.5. The summed E-state index contributed by atoms with van der Waals surface area (Å²) in [6.45, 7) is 2.53. The zero-order valence-electron chi connectivity index (χ0n) is 8.56. The van der Waals surface area contributed by atoms with Crippen LogP contribution >= 0.6 is 0 Å². The average Bonchev–Trinajstić information content (AvgIpc) is 2.30. The first-order valence-corrected chi connectivity index (χ1v) is 4.91. The standard InChI is InChI=1S/C11H12N2O2/c1-8-5-13-10(6-12-8)11(14)9-3-2-4-15-7-9/h5-7H,2-4H2,1H3. The van der Waals surface area contributed by atoms with Gasteiger partial charge in [0, 0.05) is 11.8 Å². The first-order valence-electron chi connectivity index (χ1n) is 4.91. The average molecular weight is 204 g/mol. The number of aromatic nitrogens is 2. The molecule has 4 nitrogen and oxygen atoms in total. The molecule has 0 bridgehead atoms. The Labute approximate surface area is 88.0 Å². The number of ketones is 1. The monoisotopic (exact) mass is 204 g/mol. The third kappa shape index (κ3) is 2.21. The summed E-state index contributed by atoms with van der Waals surface area (Å²) in [6.07, 6.45) is 6.28. The van der Waals surface area contributed by atoms with Gasteiger partial charge in [-0.3, -0.25) is 9.78 Å². The molecule has 15 heavy (non-hydrogen) atoms. The van der Waals surface area contributed by atoms with Crippen molar-refractivity contribution in [3.8, 4) is 0 Å². The molecule has 2 rings (SSSR count). The molecule has 0 N–H and O–H groups in total. The van der Waals surface area contributed by atoms with Crippen LogP contribution in [0.15, 0.2) is 24.2 Å². The Balaban J connectivity index is 2.20. The molecule has 0 atom stereocenters. The molecule has 0 amide bonds. The zero-order valence-corrected chi connectivity index (χ0v) is 8.56. The molecule has 1 aromatic rings. The number of carbonyl (C=O) groups excluding carboxylic acids is 1. The van der Waals surface area contributed by atoms with Crippen LogP contribution in [0.2, 0.25) is 0 Å². The van der Waals surface area contributed by atoms with Crippen molar-refractivity contribution >= 4 is 5.78 Å². The summed E-state index contributed by atoms with van der Waals surface area (Å²) in [5.74, 6) is -0.0813. The Morgan fingerprint density at radius 2 is 2.27 bits per heavy atom. The molecule has 78 valence electrons. The van der Waals surface area contributed by atoms with E-state index in [9.17, 15) is 4.79 Å². The second-order valence-electron chi connectivity index (χ2n) is 3.49. The molecule has 1 aromatic heterocycles. The number of aryl methyl sites for hydroxylation is 1. The Hall–Kier alpha value is -1.71. The van der Waals surface area contributed by atoms with Crippen molar-refractivity contribution in [2.24, 2.45) is 0 Å². The lowest BCUT2D eigenvalue weighted by Gasteiger charge is -2.11. The summed E-state index contributed by atoms with van der Waals surface area (Å²) < 4.78 is 5.12. The lowest BCUT2D eigenvalue weighted by atomic mass is 10.0. The molecule has 0 saturated heterocycles. The van der Waals surface area contributed by atoms with Crippen LogP contribution in [0.3, 0.4) is 0 Å². The van der Waals surface area contributed by atoms with Crippen molar-refractivity contribution in [1.82, 2.24) is 9.97 Å². The van der Waals surface area contributed by atoms with Crippen LogP contribution in [0, 0.1) is 6.92 Å². The predicted octanol–water partition coefficient (Wildman–Crippen LogP) is 1.66. The van der Waals surface area contributed by atoms with E-state index in [0.717, 1.165) is 18.5 Å². The molecule has 0 fully saturated rings. The topological polar surface area (TPSA) is 52.1 Å². The largest absolute Gasteiger partial charge is 0.501 e. The molecule has 4 heteroatoms. The van der Waals surface area contributed by atoms with E-state index in [1.54, 1.807) is 6.20 Å². The number of carbonyl (C=O) groups is 1. The van der Waals surface area contributed by atoms with Crippen LogP contribution in [0.25, 0.3) is 0 Å². The molecule has 0 spiro atoms. The predicted molar refractivity (Wildman–Crippen MR) is 54.4 cm³/mol. The number of nitrogens with zero attached hydrogens (tertiary/aromatic N) is 2. The second-order valence-corrected chi connectivity index (χ2v) is 3.49. The molecule has 0 aromatic carbocycles. The van der Waals surface area contributed by atoms with Crippen molar-refractivity contribution in [3.05, 3.63) is 35.6 Å². The fourth-order valence-corrected chi connectivity index (χ4v) is 1.41. The van der Waals surface area contributed by atoms with Gasteiger partial charge in [0.25, 0.3) is 0 Å². The SMILES string of the molecule is Cc1cnc(C(=O)C2=COCCC2)cn1. The van der Waals surface area contributed by atoms with Crippen molar-refractivity contribution in [2.45, 2.75) is 19.8 Å². The summed E-state index contributed by atoms with van der Waals surface area (Å²) in [4.78, 5) is 19.9. The minimum Gasteiger partial charge on any atom is -0.501 e. The Morgan fingerprint density at radius 3 is 2.87 bits per heavy atom. The number of hydrogen-bond donors (Lipinski definition) is 0. The van der Waals surface area contributed by atoms with E-state index in [0.29, 0.717) is 17.9 Å². The van der Waals surface area contributed by atoms with E-state index in [2.05, 4.69) is 9.97 Å². The van der Waals surface area contributed by atoms with Crippen LogP contribution in [0.5, 0.6) is 0 Å². The first kappa shape index (κ1) is 9.83. The normalized spacial score (nSPS) is 15.4. The minimum absolute atomic E-state index is 0.0813. The van der Waals surface area contributed by atoms with E-state index in [4.69, 9.17) is 4.74 Å². The Morgan fingerprint density at radius 1 is 1.40 bits per heavy atom. The lowest BCUT2D eigenvalue weighted by Crippen LogP contribution is -2.11. The van der Waals surface area contributed by atoms with Gasteiger partial charge in [-0.25, -0.2) is 4.98 Å². The Kier molecular flexibility index (Phi) is 2.76. The first-order chi connectivity index (χ1) is 7.27. The van der Waals surface area contributed by atoms with Gasteiger partial charge in [-0.2, -0.15) is 0 Å². The molecule has 2 heterocycles. The van der Waals surface area contributed by atoms with Crippen molar-refractivity contribution in [2.75, 3.05) is 6.61 Å². The summed E-state index contributed by atoms with van der Waals surface area (Å²) in [5, 5.41) is 0. The highest BCUT2D eigenvalue weighted by Crippen LogP contribution is 2.15. The van der Waals surface area contributed by atoms with Gasteiger partial charge in [-0.15, -0.1) is 0 Å². The molecule has 1 aliphatic heterocycles. The lowest BCUT2D eigenvalue weighted by molar-refractivity contribution is 0.100. The van der Waals surface area contributed by atoms with Gasteiger partial charge in [0.2, 0.25) is 5.78 Å². The summed E-state index contributed by atoms with van der Waals surface area (Å²) in [7, 11) is 0. The highest BCUT2D eigenvalue weighted by molar-refractivity contribution is 6.07. The third-order valence-corrected chi connectivity index (χ3v) is 2.24. The molecule has 0 radical (unpaired) electrons. The molecular formula is C11H12N2O2. The maximum atomic E-state index is 11.9. The maximum absolute atomic E-state index is 11.9. The summed E-state index contributed by atoms with van der Waals surface area (Å²) >= 11 is 0. The highest BCUT2D eigenvalue weighted by Gasteiger charge is 2.16. The van der Waals surface area contributed by atoms with Crippen molar-refractivity contribution < 1.29 is 9.53 Å². The summed E-state index contributed by atoms with van der Waals surface area (Å²) in [5.41, 5.74) is 1.87. The van der Waals surface area contributed by atoms with Crippen LogP contribution in [-0.4, -0.2) is 22.4 Å². The maximum Gasteiger partial charge on any atom is 0.211 e. The van der Waals surface area contributed by atoms with Crippen LogP contribution < -0.4 is 0 Å². The van der Waals surface area contributed by atoms with E-state index in [-0.39, 0.29) is 5.78 Å². The van der Waals surface area contributed by atoms with Gasteiger partial charge in [0.05, 0.1) is 24.8 Å². The number of rotatable bonds is 2. The van der Waals surface area contributed by atoms with Crippen LogP contribution in [0.1, 0.15) is 29.0 Å². The van der Waals surface area contributed by atoms with Gasteiger partial charge in [-0.05, 0) is 19.8 Å². The molecule has 0 aliphatic carbocycles. The van der Waals surface area contributed by atoms with Gasteiger partial charge in [-0.1, -0.05) is 0 Å². The van der Waals surface area contributed by atoms with Crippen LogP contribution in [0.4, 0.5) is 0 Å². The molecule has 0 saturated carbocycles. The van der Waals surface area contributed by atoms with Crippen molar-refractivity contribution in [3.63, 3.8) is 0 Å². The van der Waals surface area contributed by atoms with Gasteiger partial charge in [0.15, 0.2) is 0 Å².